The fourth-order valence-electron chi connectivity index (χ4n) is 3.66. The highest BCUT2D eigenvalue weighted by molar-refractivity contribution is 6.06. The minimum absolute atomic E-state index is 0.106. The van der Waals surface area contributed by atoms with Crippen LogP contribution in [0.1, 0.15) is 48.8 Å². The van der Waals surface area contributed by atoms with E-state index in [1.807, 2.05) is 61.9 Å². The Bertz CT molecular complexity index is 1220. The molecule has 0 saturated heterocycles. The molecule has 4 aromatic rings. The summed E-state index contributed by atoms with van der Waals surface area (Å²) in [5, 5.41) is 5.21. The summed E-state index contributed by atoms with van der Waals surface area (Å²) in [6.45, 7) is 6.00. The van der Waals surface area contributed by atoms with E-state index in [0.29, 0.717) is 11.2 Å². The fraction of sp³-hybridized carbons (Fsp3) is 0.240. The molecule has 2 aromatic heterocycles. The molecule has 0 bridgehead atoms. The third-order valence-electron chi connectivity index (χ3n) is 5.61. The van der Waals surface area contributed by atoms with Crippen molar-refractivity contribution in [1.29, 1.82) is 0 Å². The minimum atomic E-state index is -0.297. The van der Waals surface area contributed by atoms with Gasteiger partial charge in [0.2, 0.25) is 0 Å². The van der Waals surface area contributed by atoms with Crippen LogP contribution >= 0.6 is 0 Å². The van der Waals surface area contributed by atoms with Crippen molar-refractivity contribution in [3.05, 3.63) is 83.8 Å². The SMILES string of the molecule is CC(c1ccc(F)cc1)N(C)C(=O)c1cc(-c2ccccc2)nc2c1cnn2C(C)C. The normalized spacial score (nSPS) is 12.3. The molecular weight excluding hydrogens is 391 g/mol. The summed E-state index contributed by atoms with van der Waals surface area (Å²) in [7, 11) is 1.76. The van der Waals surface area contributed by atoms with Gasteiger partial charge in [0.15, 0.2) is 5.65 Å². The Hall–Kier alpha value is -3.54. The Kier molecular flexibility index (Phi) is 5.55. The molecule has 0 aliphatic heterocycles. The van der Waals surface area contributed by atoms with Crippen LogP contribution in [0.2, 0.25) is 0 Å². The zero-order chi connectivity index (χ0) is 22.1. The maximum atomic E-state index is 13.6. The molecule has 2 aromatic carbocycles. The number of amides is 1. The van der Waals surface area contributed by atoms with E-state index in [0.717, 1.165) is 22.2 Å². The summed E-state index contributed by atoms with van der Waals surface area (Å²) >= 11 is 0. The van der Waals surface area contributed by atoms with Crippen molar-refractivity contribution >= 4 is 16.9 Å². The van der Waals surface area contributed by atoms with Crippen LogP contribution in [0.5, 0.6) is 0 Å². The summed E-state index contributed by atoms with van der Waals surface area (Å²) in [5.74, 6) is -0.431. The first kappa shape index (κ1) is 20.7. The molecule has 5 nitrogen and oxygen atoms in total. The molecule has 1 unspecified atom stereocenters. The van der Waals surface area contributed by atoms with E-state index in [9.17, 15) is 9.18 Å². The van der Waals surface area contributed by atoms with E-state index in [-0.39, 0.29) is 23.8 Å². The van der Waals surface area contributed by atoms with E-state index in [4.69, 9.17) is 4.98 Å². The Morgan fingerprint density at radius 1 is 1.03 bits per heavy atom. The Morgan fingerprint density at radius 3 is 2.35 bits per heavy atom. The smallest absolute Gasteiger partial charge is 0.254 e. The molecule has 0 N–H and O–H groups in total. The molecule has 0 aliphatic carbocycles. The van der Waals surface area contributed by atoms with Crippen molar-refractivity contribution in [3.63, 3.8) is 0 Å². The second kappa shape index (κ2) is 8.30. The first-order valence-corrected chi connectivity index (χ1v) is 10.3. The van der Waals surface area contributed by atoms with Gasteiger partial charge in [0.1, 0.15) is 5.82 Å². The molecular formula is C25H25FN4O. The zero-order valence-corrected chi connectivity index (χ0v) is 18.1. The van der Waals surface area contributed by atoms with E-state index < -0.39 is 0 Å². The summed E-state index contributed by atoms with van der Waals surface area (Å²) in [6.07, 6.45) is 1.71. The second-order valence-electron chi connectivity index (χ2n) is 7.98. The molecule has 158 valence electrons. The molecule has 1 amide bonds. The number of hydrogen-bond donors (Lipinski definition) is 0. The number of pyridine rings is 1. The summed E-state index contributed by atoms with van der Waals surface area (Å²) in [4.78, 5) is 20.1. The molecule has 1 atom stereocenters. The highest BCUT2D eigenvalue weighted by Crippen LogP contribution is 2.29. The van der Waals surface area contributed by atoms with Gasteiger partial charge < -0.3 is 4.90 Å². The van der Waals surface area contributed by atoms with Crippen LogP contribution in [0.4, 0.5) is 4.39 Å². The largest absolute Gasteiger partial charge is 0.335 e. The average Bonchev–Trinajstić information content (AvgIpc) is 3.22. The van der Waals surface area contributed by atoms with Crippen molar-refractivity contribution in [2.24, 2.45) is 0 Å². The molecule has 0 aliphatic rings. The molecule has 6 heteroatoms. The lowest BCUT2D eigenvalue weighted by molar-refractivity contribution is 0.0744. The lowest BCUT2D eigenvalue weighted by Crippen LogP contribution is -2.30. The van der Waals surface area contributed by atoms with E-state index in [1.54, 1.807) is 30.3 Å². The number of benzene rings is 2. The molecule has 0 radical (unpaired) electrons. The van der Waals surface area contributed by atoms with Crippen LogP contribution < -0.4 is 0 Å². The van der Waals surface area contributed by atoms with Gasteiger partial charge in [0.05, 0.1) is 28.9 Å². The van der Waals surface area contributed by atoms with Crippen LogP contribution in [-0.4, -0.2) is 32.6 Å². The molecule has 2 heterocycles. The maximum absolute atomic E-state index is 13.6. The maximum Gasteiger partial charge on any atom is 0.254 e. The first-order chi connectivity index (χ1) is 14.9. The van der Waals surface area contributed by atoms with Gasteiger partial charge in [-0.3, -0.25) is 4.79 Å². The van der Waals surface area contributed by atoms with Crippen molar-refractivity contribution in [3.8, 4) is 11.3 Å². The van der Waals surface area contributed by atoms with Crippen LogP contribution in [0.3, 0.4) is 0 Å². The van der Waals surface area contributed by atoms with Gasteiger partial charge in [-0.15, -0.1) is 0 Å². The minimum Gasteiger partial charge on any atom is -0.335 e. The lowest BCUT2D eigenvalue weighted by Gasteiger charge is -2.26. The molecule has 31 heavy (non-hydrogen) atoms. The van der Waals surface area contributed by atoms with E-state index in [2.05, 4.69) is 5.10 Å². The number of halogens is 1. The average molecular weight is 417 g/mol. The molecule has 4 rings (SSSR count). The zero-order valence-electron chi connectivity index (χ0n) is 18.1. The third-order valence-corrected chi connectivity index (χ3v) is 5.61. The number of rotatable bonds is 5. The van der Waals surface area contributed by atoms with Gasteiger partial charge >= 0.3 is 0 Å². The van der Waals surface area contributed by atoms with Crippen LogP contribution in [0.25, 0.3) is 22.3 Å². The van der Waals surface area contributed by atoms with Crippen molar-refractivity contribution < 1.29 is 9.18 Å². The number of nitrogens with zero attached hydrogens (tertiary/aromatic N) is 4. The van der Waals surface area contributed by atoms with Crippen molar-refractivity contribution in [2.45, 2.75) is 32.9 Å². The predicted molar refractivity (Wildman–Crippen MR) is 120 cm³/mol. The lowest BCUT2D eigenvalue weighted by atomic mass is 10.0. The monoisotopic (exact) mass is 416 g/mol. The Balaban J connectivity index is 1.81. The topological polar surface area (TPSA) is 51.0 Å². The van der Waals surface area contributed by atoms with Crippen molar-refractivity contribution in [2.75, 3.05) is 7.05 Å². The fourth-order valence-corrected chi connectivity index (χ4v) is 3.66. The van der Waals surface area contributed by atoms with Gasteiger partial charge in [0, 0.05) is 18.7 Å². The highest BCUT2D eigenvalue weighted by Gasteiger charge is 2.24. The van der Waals surface area contributed by atoms with Crippen LogP contribution in [-0.2, 0) is 0 Å². The van der Waals surface area contributed by atoms with Gasteiger partial charge in [-0.25, -0.2) is 14.1 Å². The number of hydrogen-bond acceptors (Lipinski definition) is 3. The molecule has 0 spiro atoms. The highest BCUT2D eigenvalue weighted by atomic mass is 19.1. The Labute approximate surface area is 181 Å². The number of carbonyl (C=O) groups is 1. The summed E-state index contributed by atoms with van der Waals surface area (Å²) in [6, 6.07) is 17.8. The predicted octanol–water partition coefficient (Wildman–Crippen LogP) is 5.65. The van der Waals surface area contributed by atoms with Crippen molar-refractivity contribution in [1.82, 2.24) is 19.7 Å². The molecule has 0 fully saturated rings. The van der Waals surface area contributed by atoms with Gasteiger partial charge in [0.25, 0.3) is 5.91 Å². The van der Waals surface area contributed by atoms with Crippen LogP contribution in [0.15, 0.2) is 66.9 Å². The number of fused-ring (bicyclic) bond motifs is 1. The second-order valence-corrected chi connectivity index (χ2v) is 7.98. The summed E-state index contributed by atoms with van der Waals surface area (Å²) < 4.78 is 15.2. The van der Waals surface area contributed by atoms with Gasteiger partial charge in [-0.2, -0.15) is 5.10 Å². The first-order valence-electron chi connectivity index (χ1n) is 10.3. The van der Waals surface area contributed by atoms with Gasteiger partial charge in [-0.1, -0.05) is 42.5 Å². The number of aromatic nitrogens is 3. The quantitative estimate of drug-likeness (QED) is 0.422. The number of carbonyl (C=O) groups excluding carboxylic acids is 1. The summed E-state index contributed by atoms with van der Waals surface area (Å²) in [5.41, 5.74) is 3.75. The van der Waals surface area contributed by atoms with E-state index >= 15 is 0 Å². The van der Waals surface area contributed by atoms with E-state index in [1.165, 1.54) is 12.1 Å². The standard InChI is InChI=1S/C25H25FN4O/c1-16(2)30-24-22(15-27-30)21(14-23(28-24)19-8-6-5-7-9-19)25(31)29(4)17(3)18-10-12-20(26)13-11-18/h5-17H,1-4H3. The third kappa shape index (κ3) is 3.93. The molecule has 0 saturated carbocycles. The Morgan fingerprint density at radius 2 is 1.71 bits per heavy atom. The van der Waals surface area contributed by atoms with Gasteiger partial charge in [-0.05, 0) is 44.5 Å². The van der Waals surface area contributed by atoms with Crippen LogP contribution in [0, 0.1) is 5.82 Å².